The Hall–Kier alpha value is -1.32. The average Bonchev–Trinajstić information content (AvgIpc) is 3.06. The zero-order valence-electron chi connectivity index (χ0n) is 15.9. The van der Waals surface area contributed by atoms with E-state index in [-0.39, 0.29) is 24.5 Å². The van der Waals surface area contributed by atoms with E-state index in [2.05, 4.69) is 15.3 Å². The second kappa shape index (κ2) is 7.25. The van der Waals surface area contributed by atoms with E-state index in [0.717, 1.165) is 0 Å². The predicted octanol–water partition coefficient (Wildman–Crippen LogP) is 0.645. The molecule has 0 bridgehead atoms. The Morgan fingerprint density at radius 1 is 1.41 bits per heavy atom. The maximum Gasteiger partial charge on any atom is 0.472 e. The van der Waals surface area contributed by atoms with Gasteiger partial charge in [-0.3, -0.25) is 18.8 Å². The van der Waals surface area contributed by atoms with E-state index in [0.29, 0.717) is 18.7 Å². The van der Waals surface area contributed by atoms with Gasteiger partial charge < -0.3 is 20.2 Å². The highest BCUT2D eigenvalue weighted by atomic mass is 31.2. The molecule has 3 rings (SSSR count). The summed E-state index contributed by atoms with van der Waals surface area (Å²) < 4.78 is 22.2. The fourth-order valence-electron chi connectivity index (χ4n) is 3.65. The van der Waals surface area contributed by atoms with Crippen molar-refractivity contribution in [1.29, 1.82) is 0 Å². The maximum absolute atomic E-state index is 12.0. The third-order valence-corrected chi connectivity index (χ3v) is 6.00. The van der Waals surface area contributed by atoms with E-state index in [1.807, 2.05) is 4.90 Å². The smallest absolute Gasteiger partial charge is 0.393 e. The third-order valence-electron chi connectivity index (χ3n) is 4.74. The van der Waals surface area contributed by atoms with Crippen LogP contribution >= 0.6 is 7.82 Å². The number of aliphatic hydroxyl groups excluding tert-OH is 1. The molecule has 152 valence electrons. The number of phosphoric acid groups is 1. The summed E-state index contributed by atoms with van der Waals surface area (Å²) in [6.45, 7) is 6.60. The lowest BCUT2D eigenvalue weighted by atomic mass is 10.1. The van der Waals surface area contributed by atoms with Gasteiger partial charge in [0.2, 0.25) is 0 Å². The fraction of sp³-hybridized carbons (Fsp3) is 0.812. The molecule has 0 saturated heterocycles. The molecule has 3 aliphatic rings. The fourth-order valence-corrected chi connectivity index (χ4v) is 4.77. The van der Waals surface area contributed by atoms with E-state index in [1.54, 1.807) is 34.0 Å². The van der Waals surface area contributed by atoms with Crippen molar-refractivity contribution < 1.29 is 28.4 Å². The number of rotatable bonds is 5. The van der Waals surface area contributed by atoms with Gasteiger partial charge >= 0.3 is 7.82 Å². The van der Waals surface area contributed by atoms with Crippen LogP contribution in [0.3, 0.4) is 0 Å². The van der Waals surface area contributed by atoms with Gasteiger partial charge in [-0.15, -0.1) is 0 Å². The van der Waals surface area contributed by atoms with Crippen LogP contribution in [0.1, 0.15) is 40.5 Å². The first-order chi connectivity index (χ1) is 12.5. The lowest BCUT2D eigenvalue weighted by Crippen LogP contribution is -2.52. The molecule has 11 heteroatoms. The molecule has 6 unspecified atom stereocenters. The zero-order chi connectivity index (χ0) is 20.0. The van der Waals surface area contributed by atoms with Crippen LogP contribution in [-0.4, -0.2) is 69.5 Å². The highest BCUT2D eigenvalue weighted by Crippen LogP contribution is 2.48. The number of amides is 1. The van der Waals surface area contributed by atoms with Crippen molar-refractivity contribution >= 4 is 25.9 Å². The summed E-state index contributed by atoms with van der Waals surface area (Å²) in [5.74, 6) is 0.0231. The van der Waals surface area contributed by atoms with Crippen LogP contribution in [0.15, 0.2) is 9.98 Å². The van der Waals surface area contributed by atoms with E-state index in [4.69, 9.17) is 9.05 Å². The number of amidine groups is 1. The number of carbonyl (C=O) groups is 1. The molecule has 1 saturated carbocycles. The number of fused-ring (bicyclic) bond motifs is 1. The molecule has 3 N–H and O–H groups in total. The van der Waals surface area contributed by atoms with Gasteiger partial charge in [-0.1, -0.05) is 0 Å². The number of phosphoric ester groups is 1. The normalized spacial score (nSPS) is 35.6. The predicted molar refractivity (Wildman–Crippen MR) is 98.3 cm³/mol. The number of carbonyl (C=O) groups excluding carboxylic acids is 1. The second-order valence-corrected chi connectivity index (χ2v) is 9.57. The van der Waals surface area contributed by atoms with Crippen molar-refractivity contribution in [3.8, 4) is 0 Å². The minimum atomic E-state index is -4.20. The summed E-state index contributed by atoms with van der Waals surface area (Å²) >= 11 is 0. The molecule has 0 aromatic carbocycles. The quantitative estimate of drug-likeness (QED) is 0.575. The zero-order valence-corrected chi connectivity index (χ0v) is 16.8. The topological polar surface area (TPSA) is 133 Å². The van der Waals surface area contributed by atoms with Crippen LogP contribution in [0.2, 0.25) is 0 Å². The van der Waals surface area contributed by atoms with Gasteiger partial charge in [-0.25, -0.2) is 9.56 Å². The van der Waals surface area contributed by atoms with Gasteiger partial charge in [0.25, 0.3) is 5.91 Å². The van der Waals surface area contributed by atoms with Gasteiger partial charge in [0.05, 0.1) is 24.7 Å². The van der Waals surface area contributed by atoms with E-state index in [9.17, 15) is 19.4 Å². The van der Waals surface area contributed by atoms with Crippen LogP contribution in [0.25, 0.3) is 0 Å². The van der Waals surface area contributed by atoms with Gasteiger partial charge in [-0.2, -0.15) is 0 Å². The number of nitrogens with one attached hydrogen (secondary N) is 1. The van der Waals surface area contributed by atoms with Gasteiger partial charge in [0, 0.05) is 12.0 Å². The van der Waals surface area contributed by atoms with Crippen molar-refractivity contribution in [1.82, 2.24) is 10.2 Å². The number of hydrogen-bond acceptors (Lipinski definition) is 8. The van der Waals surface area contributed by atoms with E-state index < -0.39 is 31.7 Å². The van der Waals surface area contributed by atoms with Crippen LogP contribution in [-0.2, 0) is 18.4 Å². The van der Waals surface area contributed by atoms with Gasteiger partial charge in [0.1, 0.15) is 5.84 Å². The first kappa shape index (κ1) is 20.4. The first-order valence-electron chi connectivity index (χ1n) is 8.97. The average molecular weight is 402 g/mol. The minimum absolute atomic E-state index is 0.0867. The molecule has 0 radical (unpaired) electrons. The lowest BCUT2D eigenvalue weighted by molar-refractivity contribution is -0.122. The van der Waals surface area contributed by atoms with Gasteiger partial charge in [-0.05, 0) is 40.5 Å². The molecule has 6 atom stereocenters. The first-order valence-corrected chi connectivity index (χ1v) is 10.5. The highest BCUT2D eigenvalue weighted by Gasteiger charge is 2.46. The molecule has 0 spiro atoms. The van der Waals surface area contributed by atoms with Crippen molar-refractivity contribution in [2.45, 2.75) is 70.5 Å². The molecular formula is C16H27N4O6P. The number of aliphatic imine (C=N–C) groups is 2. The summed E-state index contributed by atoms with van der Waals surface area (Å²) in [6.07, 6.45) is 1.47. The molecule has 0 aromatic heterocycles. The Morgan fingerprint density at radius 3 is 2.78 bits per heavy atom. The Morgan fingerprint density at radius 2 is 2.11 bits per heavy atom. The van der Waals surface area contributed by atoms with Crippen molar-refractivity contribution in [3.05, 3.63) is 0 Å². The summed E-state index contributed by atoms with van der Waals surface area (Å²) in [6, 6.07) is -0.671. The van der Waals surface area contributed by atoms with Crippen molar-refractivity contribution in [2.24, 2.45) is 15.9 Å². The van der Waals surface area contributed by atoms with E-state index >= 15 is 0 Å². The lowest BCUT2D eigenvalue weighted by Gasteiger charge is -2.32. The maximum atomic E-state index is 12.0. The molecule has 0 aromatic rings. The molecular weight excluding hydrogens is 375 g/mol. The van der Waals surface area contributed by atoms with Crippen molar-refractivity contribution in [3.63, 3.8) is 0 Å². The Bertz CT molecular complexity index is 706. The standard InChI is InChI=1S/C16H27N4O6P/c1-9-18-14-13(15(22)19-9)17-8-20(14)11-5-10(12(21)6-11)7-25-27(23,24)26-16(2,3)4/h8,10-14,21H,5-7H2,1-4H3,(H,23,24)(H,18,19,22). The molecule has 2 heterocycles. The Balaban J connectivity index is 1.60. The van der Waals surface area contributed by atoms with Gasteiger partial charge in [0.15, 0.2) is 12.2 Å². The molecule has 2 aliphatic heterocycles. The number of hydrogen-bond donors (Lipinski definition) is 3. The van der Waals surface area contributed by atoms with Crippen LogP contribution in [0, 0.1) is 5.92 Å². The molecule has 27 heavy (non-hydrogen) atoms. The minimum Gasteiger partial charge on any atom is -0.393 e. The summed E-state index contributed by atoms with van der Waals surface area (Å²) in [5.41, 5.74) is -0.820. The third kappa shape index (κ3) is 4.75. The largest absolute Gasteiger partial charge is 0.472 e. The summed E-state index contributed by atoms with van der Waals surface area (Å²) in [5, 5.41) is 13.0. The Labute approximate surface area is 158 Å². The second-order valence-electron chi connectivity index (χ2n) is 8.19. The number of nitrogens with zero attached hydrogens (tertiary/aromatic N) is 3. The molecule has 10 nitrogen and oxygen atoms in total. The monoisotopic (exact) mass is 402 g/mol. The van der Waals surface area contributed by atoms with Crippen molar-refractivity contribution in [2.75, 3.05) is 6.61 Å². The summed E-state index contributed by atoms with van der Waals surface area (Å²) in [4.78, 5) is 32.4. The molecule has 1 amide bonds. The van der Waals surface area contributed by atoms with Crippen LogP contribution in [0.4, 0.5) is 0 Å². The molecule has 1 fully saturated rings. The molecule has 1 aliphatic carbocycles. The van der Waals surface area contributed by atoms with Crippen LogP contribution < -0.4 is 5.32 Å². The number of aliphatic hydroxyl groups is 1. The van der Waals surface area contributed by atoms with E-state index in [1.165, 1.54) is 0 Å². The summed E-state index contributed by atoms with van der Waals surface area (Å²) in [7, 11) is -4.20. The highest BCUT2D eigenvalue weighted by molar-refractivity contribution is 7.47. The Kier molecular flexibility index (Phi) is 5.48. The SMILES string of the molecule is CC1=NC2C(N=CN2C2CC(O)C(COP(=O)(O)OC(C)(C)C)C2)C(=O)N1. The van der Waals surface area contributed by atoms with Crippen LogP contribution in [0.5, 0.6) is 0 Å².